The molecule has 0 bridgehead atoms. The highest BCUT2D eigenvalue weighted by Crippen LogP contribution is 2.25. The van der Waals surface area contributed by atoms with Crippen LogP contribution < -0.4 is 16.0 Å². The highest BCUT2D eigenvalue weighted by Gasteiger charge is 2.24. The van der Waals surface area contributed by atoms with Crippen molar-refractivity contribution in [3.8, 4) is 0 Å². The number of nitrogens with one attached hydrogen (secondary N) is 3. The fourth-order valence-electron chi connectivity index (χ4n) is 3.12. The molecule has 2 atom stereocenters. The quantitative estimate of drug-likeness (QED) is 0.277. The third-order valence-corrected chi connectivity index (χ3v) is 4.57. The van der Waals surface area contributed by atoms with Crippen molar-refractivity contribution in [2.75, 3.05) is 26.7 Å². The van der Waals surface area contributed by atoms with Gasteiger partial charge in [-0.1, -0.05) is 18.6 Å². The second-order valence-corrected chi connectivity index (χ2v) is 6.43. The number of nitrogens with zero attached hydrogens (tertiary/aromatic N) is 1. The van der Waals surface area contributed by atoms with Crippen molar-refractivity contribution in [3.05, 3.63) is 35.4 Å². The summed E-state index contributed by atoms with van der Waals surface area (Å²) in [5, 5.41) is 19.1. The van der Waals surface area contributed by atoms with Crippen LogP contribution in [0.25, 0.3) is 0 Å². The summed E-state index contributed by atoms with van der Waals surface area (Å²) in [6.45, 7) is 4.22. The number of amides is 1. The zero-order valence-electron chi connectivity index (χ0n) is 15.6. The molecule has 6 nitrogen and oxygen atoms in total. The number of aliphatic imine (C=N–C) groups is 1. The SMILES string of the molecule is CCNC(=NCC1CCCC1O)NCCc1cccc(C(=O)NC)c1.I. The molecule has 4 N–H and O–H groups in total. The minimum Gasteiger partial charge on any atom is -0.393 e. The minimum atomic E-state index is -0.209. The van der Waals surface area contributed by atoms with Gasteiger partial charge in [-0.3, -0.25) is 9.79 Å². The lowest BCUT2D eigenvalue weighted by Crippen LogP contribution is -2.39. The molecule has 1 aromatic rings. The largest absolute Gasteiger partial charge is 0.393 e. The average Bonchev–Trinajstić information content (AvgIpc) is 3.04. The zero-order chi connectivity index (χ0) is 18.1. The van der Waals surface area contributed by atoms with Gasteiger partial charge in [0.15, 0.2) is 5.96 Å². The number of hydrogen-bond donors (Lipinski definition) is 4. The number of aliphatic hydroxyl groups excluding tert-OH is 1. The number of guanidine groups is 1. The van der Waals surface area contributed by atoms with E-state index in [0.717, 1.165) is 50.3 Å². The molecule has 0 heterocycles. The van der Waals surface area contributed by atoms with Gasteiger partial charge in [0, 0.05) is 38.2 Å². The smallest absolute Gasteiger partial charge is 0.251 e. The third kappa shape index (κ3) is 7.11. The first-order valence-corrected chi connectivity index (χ1v) is 9.15. The van der Waals surface area contributed by atoms with E-state index in [1.165, 1.54) is 0 Å². The molecule has 0 saturated heterocycles. The Hall–Kier alpha value is -1.35. The maximum atomic E-state index is 11.7. The van der Waals surface area contributed by atoms with Crippen molar-refractivity contribution in [2.24, 2.45) is 10.9 Å². The van der Waals surface area contributed by atoms with Crippen molar-refractivity contribution >= 4 is 35.8 Å². The Balaban J connectivity index is 0.00000338. The number of rotatable bonds is 7. The number of benzene rings is 1. The number of aliphatic hydroxyl groups is 1. The van der Waals surface area contributed by atoms with E-state index in [-0.39, 0.29) is 41.9 Å². The van der Waals surface area contributed by atoms with Gasteiger partial charge in [0.05, 0.1) is 6.10 Å². The van der Waals surface area contributed by atoms with E-state index < -0.39 is 0 Å². The van der Waals surface area contributed by atoms with Gasteiger partial charge < -0.3 is 21.1 Å². The molecule has 0 aliphatic heterocycles. The van der Waals surface area contributed by atoms with Crippen molar-refractivity contribution in [1.29, 1.82) is 0 Å². The van der Waals surface area contributed by atoms with Gasteiger partial charge in [0.1, 0.15) is 0 Å². The van der Waals surface area contributed by atoms with Crippen LogP contribution in [0.1, 0.15) is 42.1 Å². The van der Waals surface area contributed by atoms with Gasteiger partial charge >= 0.3 is 0 Å². The normalized spacial score (nSPS) is 19.6. The molecular formula is C19H31IN4O2. The van der Waals surface area contributed by atoms with E-state index in [1.807, 2.05) is 31.2 Å². The van der Waals surface area contributed by atoms with Gasteiger partial charge in [0.25, 0.3) is 5.91 Å². The summed E-state index contributed by atoms with van der Waals surface area (Å²) in [6, 6.07) is 7.65. The first-order chi connectivity index (χ1) is 12.1. The molecule has 1 fully saturated rings. The van der Waals surface area contributed by atoms with Crippen LogP contribution in [-0.4, -0.2) is 49.8 Å². The Morgan fingerprint density at radius 3 is 2.77 bits per heavy atom. The number of carbonyl (C=O) groups excluding carboxylic acids is 1. The molecule has 0 radical (unpaired) electrons. The van der Waals surface area contributed by atoms with E-state index in [2.05, 4.69) is 20.9 Å². The van der Waals surface area contributed by atoms with Crippen molar-refractivity contribution in [3.63, 3.8) is 0 Å². The molecule has 0 aromatic heterocycles. The number of hydrogen-bond acceptors (Lipinski definition) is 3. The lowest BCUT2D eigenvalue weighted by Gasteiger charge is -2.15. The molecule has 1 saturated carbocycles. The number of halogens is 1. The van der Waals surface area contributed by atoms with E-state index in [9.17, 15) is 9.90 Å². The van der Waals surface area contributed by atoms with Gasteiger partial charge in [0.2, 0.25) is 0 Å². The molecule has 1 aliphatic rings. The van der Waals surface area contributed by atoms with Crippen LogP contribution in [-0.2, 0) is 6.42 Å². The van der Waals surface area contributed by atoms with Gasteiger partial charge in [-0.25, -0.2) is 0 Å². The summed E-state index contributed by atoms with van der Waals surface area (Å²) < 4.78 is 0. The summed E-state index contributed by atoms with van der Waals surface area (Å²) in [5.41, 5.74) is 1.78. The predicted molar refractivity (Wildman–Crippen MR) is 116 cm³/mol. The molecular weight excluding hydrogens is 443 g/mol. The summed E-state index contributed by atoms with van der Waals surface area (Å²) in [6.07, 6.45) is 3.63. The van der Waals surface area contributed by atoms with Crippen LogP contribution in [0.2, 0.25) is 0 Å². The second-order valence-electron chi connectivity index (χ2n) is 6.43. The Kier molecular flexibility index (Phi) is 10.6. The molecule has 26 heavy (non-hydrogen) atoms. The van der Waals surface area contributed by atoms with Crippen LogP contribution in [0.5, 0.6) is 0 Å². The molecule has 7 heteroatoms. The van der Waals surface area contributed by atoms with E-state index >= 15 is 0 Å². The highest BCUT2D eigenvalue weighted by molar-refractivity contribution is 14.0. The van der Waals surface area contributed by atoms with Crippen LogP contribution in [0.4, 0.5) is 0 Å². The number of carbonyl (C=O) groups is 1. The standard InChI is InChI=1S/C19H30N4O2.HI/c1-3-21-19(23-13-16-8-5-9-17(16)24)22-11-10-14-6-4-7-15(12-14)18(25)20-2;/h4,6-7,12,16-17,24H,3,5,8-11,13H2,1-2H3,(H,20,25)(H2,21,22,23);1H. The summed E-state index contributed by atoms with van der Waals surface area (Å²) in [7, 11) is 1.64. The fourth-order valence-corrected chi connectivity index (χ4v) is 3.12. The first kappa shape index (κ1) is 22.7. The van der Waals surface area contributed by atoms with E-state index in [4.69, 9.17) is 0 Å². The fraction of sp³-hybridized carbons (Fsp3) is 0.579. The summed E-state index contributed by atoms with van der Waals surface area (Å²) >= 11 is 0. The van der Waals surface area contributed by atoms with Crippen molar-refractivity contribution < 1.29 is 9.90 Å². The Bertz CT molecular complexity index is 595. The molecule has 2 rings (SSSR count). The Labute approximate surface area is 173 Å². The molecule has 0 spiro atoms. The van der Waals surface area contributed by atoms with Gasteiger partial charge in [-0.2, -0.15) is 0 Å². The van der Waals surface area contributed by atoms with Crippen molar-refractivity contribution in [2.45, 2.75) is 38.7 Å². The zero-order valence-corrected chi connectivity index (χ0v) is 18.0. The summed E-state index contributed by atoms with van der Waals surface area (Å²) in [4.78, 5) is 16.3. The topological polar surface area (TPSA) is 85.8 Å². The van der Waals surface area contributed by atoms with E-state index in [1.54, 1.807) is 7.05 Å². The van der Waals surface area contributed by atoms with Gasteiger partial charge in [-0.15, -0.1) is 24.0 Å². The Morgan fingerprint density at radius 1 is 1.31 bits per heavy atom. The second kappa shape index (κ2) is 12.1. The minimum absolute atomic E-state index is 0. The van der Waals surface area contributed by atoms with Crippen LogP contribution in [0.3, 0.4) is 0 Å². The summed E-state index contributed by atoms with van der Waals surface area (Å²) in [5.74, 6) is 0.989. The highest BCUT2D eigenvalue weighted by atomic mass is 127. The van der Waals surface area contributed by atoms with Crippen molar-refractivity contribution in [1.82, 2.24) is 16.0 Å². The Morgan fingerprint density at radius 2 is 2.12 bits per heavy atom. The third-order valence-electron chi connectivity index (χ3n) is 4.57. The van der Waals surface area contributed by atoms with Crippen LogP contribution >= 0.6 is 24.0 Å². The molecule has 1 aromatic carbocycles. The predicted octanol–water partition coefficient (Wildman–Crippen LogP) is 1.92. The van der Waals surface area contributed by atoms with Crippen LogP contribution in [0, 0.1) is 5.92 Å². The molecule has 1 aliphatic carbocycles. The monoisotopic (exact) mass is 474 g/mol. The van der Waals surface area contributed by atoms with Crippen LogP contribution in [0.15, 0.2) is 29.3 Å². The molecule has 146 valence electrons. The van der Waals surface area contributed by atoms with Gasteiger partial charge in [-0.05, 0) is 43.9 Å². The average molecular weight is 474 g/mol. The lowest BCUT2D eigenvalue weighted by molar-refractivity contribution is 0.0963. The molecule has 1 amide bonds. The maximum absolute atomic E-state index is 11.7. The maximum Gasteiger partial charge on any atom is 0.251 e. The van der Waals surface area contributed by atoms with E-state index in [0.29, 0.717) is 12.1 Å². The lowest BCUT2D eigenvalue weighted by atomic mass is 10.1. The molecule has 2 unspecified atom stereocenters. The first-order valence-electron chi connectivity index (χ1n) is 9.15.